The van der Waals surface area contributed by atoms with E-state index in [0.29, 0.717) is 37.3 Å². The number of hydrogen-bond acceptors (Lipinski definition) is 4. The second-order valence-electron chi connectivity index (χ2n) is 6.61. The van der Waals surface area contributed by atoms with Crippen LogP contribution in [-0.4, -0.2) is 48.6 Å². The van der Waals surface area contributed by atoms with E-state index in [1.54, 1.807) is 13.8 Å². The molecule has 0 aromatic carbocycles. The smallest absolute Gasteiger partial charge is 0.244 e. The third-order valence-electron chi connectivity index (χ3n) is 4.91. The third-order valence-corrected chi connectivity index (χ3v) is 6.69. The van der Waals surface area contributed by atoms with Crippen LogP contribution in [0, 0.1) is 19.8 Å². The van der Waals surface area contributed by atoms with Crippen LogP contribution in [0.3, 0.4) is 0 Å². The Morgan fingerprint density at radius 2 is 1.87 bits per heavy atom. The van der Waals surface area contributed by atoms with Crippen molar-refractivity contribution < 1.29 is 13.2 Å². The maximum absolute atomic E-state index is 12.5. The van der Waals surface area contributed by atoms with Crippen LogP contribution in [0.2, 0.25) is 0 Å². The Balaban J connectivity index is 1.59. The van der Waals surface area contributed by atoms with E-state index in [1.807, 2.05) is 4.90 Å². The summed E-state index contributed by atoms with van der Waals surface area (Å²) in [6.45, 7) is 4.64. The highest BCUT2D eigenvalue weighted by atomic mass is 32.2. The van der Waals surface area contributed by atoms with Crippen molar-refractivity contribution in [3.8, 4) is 0 Å². The fourth-order valence-electron chi connectivity index (χ4n) is 3.35. The Morgan fingerprint density at radius 1 is 1.22 bits per heavy atom. The van der Waals surface area contributed by atoms with Gasteiger partial charge in [0.25, 0.3) is 0 Å². The molecule has 0 spiro atoms. The molecule has 1 aromatic rings. The highest BCUT2D eigenvalue weighted by Crippen LogP contribution is 2.29. The van der Waals surface area contributed by atoms with Crippen LogP contribution in [-0.2, 0) is 14.8 Å². The van der Waals surface area contributed by atoms with Crippen LogP contribution >= 0.6 is 0 Å². The Kier molecular flexibility index (Phi) is 4.46. The minimum atomic E-state index is -3.57. The van der Waals surface area contributed by atoms with E-state index in [-0.39, 0.29) is 22.8 Å². The van der Waals surface area contributed by atoms with Gasteiger partial charge in [-0.15, -0.1) is 0 Å². The number of nitrogens with one attached hydrogen (secondary N) is 2. The molecular weight excluding hydrogens is 316 g/mol. The number of aromatic nitrogens is 2. The fraction of sp³-hybridized carbons (Fsp3) is 0.733. The number of hydrogen-bond donors (Lipinski definition) is 2. The van der Waals surface area contributed by atoms with Crippen LogP contribution in [0.1, 0.15) is 43.5 Å². The molecule has 23 heavy (non-hydrogen) atoms. The van der Waals surface area contributed by atoms with Crippen molar-refractivity contribution in [3.63, 3.8) is 0 Å². The lowest BCUT2D eigenvalue weighted by Crippen LogP contribution is -2.48. The van der Waals surface area contributed by atoms with Gasteiger partial charge in [0.15, 0.2) is 0 Å². The molecule has 1 aromatic heterocycles. The van der Waals surface area contributed by atoms with Crippen LogP contribution < -0.4 is 4.72 Å². The predicted octanol–water partition coefficient (Wildman–Crippen LogP) is 1.10. The SMILES string of the molecule is Cc1n[nH]c(C)c1S(=O)(=O)NC1CCN(C(=O)C2CCC2)CC1. The Hall–Kier alpha value is -1.41. The van der Waals surface area contributed by atoms with Gasteiger partial charge < -0.3 is 4.90 Å². The number of carbonyl (C=O) groups excluding carboxylic acids is 1. The molecule has 2 N–H and O–H groups in total. The number of carbonyl (C=O) groups is 1. The zero-order valence-corrected chi connectivity index (χ0v) is 14.4. The molecule has 0 bridgehead atoms. The minimum absolute atomic E-state index is 0.126. The number of aromatic amines is 1. The minimum Gasteiger partial charge on any atom is -0.342 e. The van der Waals surface area contributed by atoms with Gasteiger partial charge in [-0.25, -0.2) is 13.1 Å². The van der Waals surface area contributed by atoms with E-state index >= 15 is 0 Å². The molecule has 7 nitrogen and oxygen atoms in total. The molecule has 1 amide bonds. The summed E-state index contributed by atoms with van der Waals surface area (Å²) >= 11 is 0. The third kappa shape index (κ3) is 3.28. The van der Waals surface area contributed by atoms with Crippen molar-refractivity contribution in [2.45, 2.75) is 56.9 Å². The lowest BCUT2D eigenvalue weighted by molar-refractivity contribution is -0.139. The van der Waals surface area contributed by atoms with Crippen LogP contribution in [0.4, 0.5) is 0 Å². The maximum Gasteiger partial charge on any atom is 0.244 e. The van der Waals surface area contributed by atoms with Crippen LogP contribution in [0.25, 0.3) is 0 Å². The van der Waals surface area contributed by atoms with Gasteiger partial charge in [-0.1, -0.05) is 6.42 Å². The molecule has 0 radical (unpaired) electrons. The number of aryl methyl sites for hydroxylation is 2. The first kappa shape index (κ1) is 16.4. The molecule has 2 aliphatic rings. The Morgan fingerprint density at radius 3 is 2.35 bits per heavy atom. The van der Waals surface area contributed by atoms with E-state index in [1.165, 1.54) is 0 Å². The number of rotatable bonds is 4. The second-order valence-corrected chi connectivity index (χ2v) is 8.26. The van der Waals surface area contributed by atoms with E-state index in [9.17, 15) is 13.2 Å². The highest BCUT2D eigenvalue weighted by molar-refractivity contribution is 7.89. The quantitative estimate of drug-likeness (QED) is 0.858. The number of piperidine rings is 1. The van der Waals surface area contributed by atoms with Crippen molar-refractivity contribution in [3.05, 3.63) is 11.4 Å². The van der Waals surface area contributed by atoms with E-state index in [4.69, 9.17) is 0 Å². The number of nitrogens with zero attached hydrogens (tertiary/aromatic N) is 2. The number of H-pyrrole nitrogens is 1. The van der Waals surface area contributed by atoms with E-state index < -0.39 is 10.0 Å². The van der Waals surface area contributed by atoms with Crippen molar-refractivity contribution in [2.24, 2.45) is 5.92 Å². The molecule has 3 rings (SSSR count). The molecule has 0 unspecified atom stereocenters. The van der Waals surface area contributed by atoms with Gasteiger partial charge in [0.05, 0.1) is 11.4 Å². The standard InChI is InChI=1S/C15H24N4O3S/c1-10-14(11(2)17-16-10)23(21,22)18-13-6-8-19(9-7-13)15(20)12-4-3-5-12/h12-13,18H,3-9H2,1-2H3,(H,16,17). The lowest BCUT2D eigenvalue weighted by atomic mass is 9.84. The summed E-state index contributed by atoms with van der Waals surface area (Å²) in [4.78, 5) is 14.4. The zero-order valence-electron chi connectivity index (χ0n) is 13.6. The highest BCUT2D eigenvalue weighted by Gasteiger charge is 2.33. The summed E-state index contributed by atoms with van der Waals surface area (Å²) < 4.78 is 27.8. The lowest BCUT2D eigenvalue weighted by Gasteiger charge is -2.36. The molecule has 2 fully saturated rings. The van der Waals surface area contributed by atoms with E-state index in [2.05, 4.69) is 14.9 Å². The second kappa shape index (κ2) is 6.24. The predicted molar refractivity (Wildman–Crippen MR) is 85.3 cm³/mol. The van der Waals surface area contributed by atoms with Crippen LogP contribution in [0.5, 0.6) is 0 Å². The van der Waals surface area contributed by atoms with E-state index in [0.717, 1.165) is 19.3 Å². The molecule has 2 heterocycles. The van der Waals surface area contributed by atoms with Gasteiger partial charge in [-0.2, -0.15) is 5.10 Å². The molecule has 1 saturated heterocycles. The summed E-state index contributed by atoms with van der Waals surface area (Å²) in [5.41, 5.74) is 1.03. The summed E-state index contributed by atoms with van der Waals surface area (Å²) in [5, 5.41) is 6.65. The molecule has 1 saturated carbocycles. The Labute approximate surface area is 136 Å². The first-order chi connectivity index (χ1) is 10.9. The van der Waals surface area contributed by atoms with Gasteiger partial charge >= 0.3 is 0 Å². The topological polar surface area (TPSA) is 95.2 Å². The van der Waals surface area contributed by atoms with Gasteiger partial charge in [-0.05, 0) is 39.5 Å². The monoisotopic (exact) mass is 340 g/mol. The van der Waals surface area contributed by atoms with Crippen molar-refractivity contribution in [2.75, 3.05) is 13.1 Å². The summed E-state index contributed by atoms with van der Waals surface area (Å²) in [6.07, 6.45) is 4.48. The maximum atomic E-state index is 12.5. The van der Waals surface area contributed by atoms with Gasteiger partial charge in [0.2, 0.25) is 15.9 Å². The fourth-order valence-corrected chi connectivity index (χ4v) is 5.02. The van der Waals surface area contributed by atoms with Crippen molar-refractivity contribution >= 4 is 15.9 Å². The summed E-state index contributed by atoms with van der Waals surface area (Å²) in [7, 11) is -3.57. The molecule has 1 aliphatic heterocycles. The molecule has 0 atom stereocenters. The Bertz CT molecular complexity index is 666. The largest absolute Gasteiger partial charge is 0.342 e. The summed E-state index contributed by atoms with van der Waals surface area (Å²) in [5.74, 6) is 0.457. The summed E-state index contributed by atoms with van der Waals surface area (Å²) in [6, 6.07) is -0.126. The van der Waals surface area contributed by atoms with Gasteiger partial charge in [0.1, 0.15) is 4.90 Å². The van der Waals surface area contributed by atoms with Crippen molar-refractivity contribution in [1.29, 1.82) is 0 Å². The molecule has 128 valence electrons. The van der Waals surface area contributed by atoms with Crippen LogP contribution in [0.15, 0.2) is 4.90 Å². The number of sulfonamides is 1. The first-order valence-electron chi connectivity index (χ1n) is 8.21. The normalized spacial score (nSPS) is 20.5. The average Bonchev–Trinajstić information content (AvgIpc) is 2.77. The molecule has 1 aliphatic carbocycles. The number of amides is 1. The first-order valence-corrected chi connectivity index (χ1v) is 9.69. The number of likely N-dealkylation sites (tertiary alicyclic amines) is 1. The molecule has 8 heteroatoms. The van der Waals surface area contributed by atoms with Crippen molar-refractivity contribution in [1.82, 2.24) is 19.8 Å². The zero-order chi connectivity index (χ0) is 16.6. The van der Waals surface area contributed by atoms with Gasteiger partial charge in [0, 0.05) is 25.0 Å². The molecular formula is C15H24N4O3S. The average molecular weight is 340 g/mol. The van der Waals surface area contributed by atoms with Gasteiger partial charge in [-0.3, -0.25) is 9.89 Å².